The molecule has 0 radical (unpaired) electrons. The quantitative estimate of drug-likeness (QED) is 0.498. The van der Waals surface area contributed by atoms with E-state index in [-0.39, 0.29) is 20.8 Å². The number of hydrogen-bond donors (Lipinski definition) is 0. The molecule has 5 heteroatoms. The first kappa shape index (κ1) is 15.3. The maximum Gasteiger partial charge on any atom is -0.197 e. The molecular weight excluding hydrogens is 448 g/mol. The molecule has 1 nitrogen and oxygen atoms in total. The van der Waals surface area contributed by atoms with E-state index in [1.54, 1.807) is 0 Å². The van der Waals surface area contributed by atoms with Crippen LogP contribution in [-0.2, 0) is 10.9 Å². The molecule has 0 bridgehead atoms. The molecule has 0 heterocycles. The zero-order valence-corrected chi connectivity index (χ0v) is 16.7. The van der Waals surface area contributed by atoms with Gasteiger partial charge in [0.1, 0.15) is 0 Å². The third kappa shape index (κ3) is 3.38. The third-order valence-corrected chi connectivity index (χ3v) is 15.2. The second-order valence-corrected chi connectivity index (χ2v) is 14.8. The fourth-order valence-corrected chi connectivity index (χ4v) is 4.96. The van der Waals surface area contributed by atoms with Gasteiger partial charge in [0, 0.05) is 0 Å². The van der Waals surface area contributed by atoms with Gasteiger partial charge in [-0.25, -0.2) is 0 Å². The van der Waals surface area contributed by atoms with Gasteiger partial charge < -0.3 is 0 Å². The van der Waals surface area contributed by atoms with Gasteiger partial charge in [0.25, 0.3) is 0 Å². The van der Waals surface area contributed by atoms with E-state index < -0.39 is 0 Å². The summed E-state index contributed by atoms with van der Waals surface area (Å²) in [5.41, 5.74) is 2.91. The molecule has 2 rings (SSSR count). The van der Waals surface area contributed by atoms with Crippen LogP contribution in [0.3, 0.4) is 0 Å². The van der Waals surface area contributed by atoms with Crippen molar-refractivity contribution in [2.24, 2.45) is 5.92 Å². The van der Waals surface area contributed by atoms with Crippen molar-refractivity contribution in [3.05, 3.63) is 35.4 Å². The number of hydrogen-bond acceptors (Lipinski definition) is 2. The van der Waals surface area contributed by atoms with E-state index in [1.807, 2.05) is 7.93 Å². The summed E-state index contributed by atoms with van der Waals surface area (Å²) < 4.78 is 6.17. The van der Waals surface area contributed by atoms with Crippen LogP contribution in [0, 0.1) is 5.92 Å². The Morgan fingerprint density at radius 3 is 2.81 bits per heavy atom. The summed E-state index contributed by atoms with van der Waals surface area (Å²) >= 11 is 0.984. The van der Waals surface area contributed by atoms with Gasteiger partial charge in [0.2, 0.25) is 0 Å². The van der Waals surface area contributed by atoms with E-state index in [9.17, 15) is 0 Å². The van der Waals surface area contributed by atoms with Crippen LogP contribution < -0.4 is 0 Å². The van der Waals surface area contributed by atoms with Gasteiger partial charge in [0.05, 0.1) is 0 Å². The molecule has 0 amide bonds. The topological polar surface area (TPSA) is 9.23 Å². The van der Waals surface area contributed by atoms with Crippen molar-refractivity contribution in [2.75, 3.05) is 6.66 Å². The molecule has 0 saturated heterocycles. The van der Waals surface area contributed by atoms with Crippen LogP contribution >= 0.6 is 28.8 Å². The maximum atomic E-state index is 6.17. The molecule has 0 fully saturated rings. The molecule has 0 aliphatic heterocycles. The molecule has 0 N–H and O–H groups in total. The van der Waals surface area contributed by atoms with E-state index in [4.69, 9.17) is 4.52 Å². The molecule has 1 aromatic carbocycles. The van der Waals surface area contributed by atoms with E-state index in [0.717, 1.165) is 24.3 Å². The van der Waals surface area contributed by atoms with Crippen LogP contribution in [0.25, 0.3) is 0 Å². The Kier molecular flexibility index (Phi) is 6.67. The van der Waals surface area contributed by atoms with Gasteiger partial charge in [-0.1, -0.05) is 0 Å². The first-order valence-electron chi connectivity index (χ1n) is 5.07. The fraction of sp³-hybridized carbons (Fsp3) is 0.455. The van der Waals surface area contributed by atoms with Gasteiger partial charge in [0.15, 0.2) is 0 Å². The Morgan fingerprint density at radius 1 is 1.44 bits per heavy atom. The molecule has 1 aliphatic carbocycles. The van der Waals surface area contributed by atoms with Crippen LogP contribution in [0.5, 0.6) is 0 Å². The Bertz CT molecular complexity index is 351. The van der Waals surface area contributed by atoms with Gasteiger partial charge >= 0.3 is 111 Å². The van der Waals surface area contributed by atoms with E-state index in [2.05, 4.69) is 37.9 Å². The average molecular weight is 464 g/mol. The molecule has 0 aromatic heterocycles. The number of fused-ring (bicyclic) bond motifs is 1. The van der Waals surface area contributed by atoms with Crippen LogP contribution in [0.1, 0.15) is 24.2 Å². The molecule has 86 valence electrons. The molecular formula is C11H16OPS2Tl. The van der Waals surface area contributed by atoms with Crippen LogP contribution in [0.2, 0.25) is 0 Å². The summed E-state index contributed by atoms with van der Waals surface area (Å²) in [4.78, 5) is 0. The average Bonchev–Trinajstić information content (AvgIpc) is 2.55. The molecule has 1 aliphatic rings. The standard InChI is InChI=1S/C11H14OPS.H2S.Tl/c1-8-7-9-5-3-4-6-10(9)11(8)12-13(2)14;;/h3-6,8,11H,7H2,1-2H3;1H2;/q-1;;+1. The minimum atomic E-state index is -0.250. The predicted octanol–water partition coefficient (Wildman–Crippen LogP) is 3.81. The maximum absolute atomic E-state index is 6.17. The van der Waals surface area contributed by atoms with Crippen LogP contribution in [0.4, 0.5) is 0 Å². The minimum Gasteiger partial charge on any atom is -0.197 e. The third-order valence-electron chi connectivity index (χ3n) is 2.83. The zero-order chi connectivity index (χ0) is 10.8. The van der Waals surface area contributed by atoms with Gasteiger partial charge in [-0.2, -0.15) is 13.5 Å². The number of rotatable bonds is 3. The van der Waals surface area contributed by atoms with Crippen molar-refractivity contribution in [2.45, 2.75) is 19.4 Å². The summed E-state index contributed by atoms with van der Waals surface area (Å²) in [5, 5.41) is 0. The number of benzene rings is 1. The molecule has 3 atom stereocenters. The summed E-state index contributed by atoms with van der Waals surface area (Å²) in [5.74, 6) is 0.643. The first-order chi connectivity index (χ1) is 7.22. The fourth-order valence-electron chi connectivity index (χ4n) is 2.10. The van der Waals surface area contributed by atoms with Gasteiger partial charge in [-0.05, 0) is 0 Å². The summed E-state index contributed by atoms with van der Waals surface area (Å²) in [6.07, 6.45) is 1.53. The second-order valence-electron chi connectivity index (χ2n) is 3.95. The predicted molar refractivity (Wildman–Crippen MR) is 79.7 cm³/mol. The van der Waals surface area contributed by atoms with Crippen molar-refractivity contribution in [3.8, 4) is 0 Å². The minimum absolute atomic E-state index is 0. The van der Waals surface area contributed by atoms with Crippen molar-refractivity contribution in [1.82, 2.24) is 0 Å². The molecule has 0 spiro atoms. The smallest absolute Gasteiger partial charge is 0.197 e. The Morgan fingerprint density at radius 2 is 2.12 bits per heavy atom. The van der Waals surface area contributed by atoms with E-state index in [1.165, 1.54) is 17.5 Å². The monoisotopic (exact) mass is 464 g/mol. The first-order valence-corrected chi connectivity index (χ1v) is 13.8. The van der Waals surface area contributed by atoms with Crippen LogP contribution in [0.15, 0.2) is 24.3 Å². The summed E-state index contributed by atoms with van der Waals surface area (Å²) in [6, 6.07) is 8.72. The largest absolute Gasteiger partial charge is 0.197 e. The van der Waals surface area contributed by atoms with Crippen molar-refractivity contribution < 1.29 is 4.52 Å². The second kappa shape index (κ2) is 6.98. The Balaban J connectivity index is 0.00000128. The van der Waals surface area contributed by atoms with Crippen molar-refractivity contribution in [3.63, 3.8) is 0 Å². The SMILES string of the molecule is CC1Cc2ccccc2C1OP(C)[S][Tl].S. The van der Waals surface area contributed by atoms with E-state index >= 15 is 0 Å². The molecule has 3 unspecified atom stereocenters. The molecule has 16 heavy (non-hydrogen) atoms. The Labute approximate surface area is 124 Å². The van der Waals surface area contributed by atoms with Crippen molar-refractivity contribution in [1.29, 1.82) is 0 Å². The van der Waals surface area contributed by atoms with Gasteiger partial charge in [-0.3, -0.25) is 0 Å². The normalized spacial score (nSPS) is 24.6. The van der Waals surface area contributed by atoms with Gasteiger partial charge in [-0.15, -0.1) is 0 Å². The summed E-state index contributed by atoms with van der Waals surface area (Å²) in [6.45, 7) is 4.53. The summed E-state index contributed by atoms with van der Waals surface area (Å²) in [7, 11) is 1.75. The zero-order valence-electron chi connectivity index (χ0n) is 9.51. The Hall–Kier alpha value is 1.23. The molecule has 0 saturated carbocycles. The van der Waals surface area contributed by atoms with Crippen LogP contribution in [-0.4, -0.2) is 30.9 Å². The van der Waals surface area contributed by atoms with E-state index in [0.29, 0.717) is 12.0 Å². The molecule has 1 aromatic rings. The van der Waals surface area contributed by atoms with Crippen molar-refractivity contribution >= 4 is 53.0 Å².